The lowest BCUT2D eigenvalue weighted by molar-refractivity contribution is -0.400. The van der Waals surface area contributed by atoms with Crippen molar-refractivity contribution >= 4 is 47.8 Å². The fourth-order valence-electron chi connectivity index (χ4n) is 6.22. The Morgan fingerprint density at radius 1 is 0.557 bits per heavy atom. The number of rotatable bonds is 13. The molecular weight excluding hydrogens is 812 g/mol. The van der Waals surface area contributed by atoms with Gasteiger partial charge in [-0.3, -0.25) is 9.59 Å². The van der Waals surface area contributed by atoms with Crippen molar-refractivity contribution in [3.8, 4) is 0 Å². The third-order valence-electron chi connectivity index (χ3n) is 9.51. The fraction of sp³-hybridized carbons (Fsp3) is 0.415. The number of carbonyl (C=O) groups excluding carboxylic acids is 8. The van der Waals surface area contributed by atoms with Gasteiger partial charge in [0.25, 0.3) is 11.6 Å². The molecule has 0 N–H and O–H groups in total. The predicted molar refractivity (Wildman–Crippen MR) is 193 cm³/mol. The molecule has 0 bridgehead atoms. The number of hydrogen-bond donors (Lipinski definition) is 0. The highest BCUT2D eigenvalue weighted by Crippen LogP contribution is 2.45. The van der Waals surface area contributed by atoms with E-state index in [1.165, 1.54) is 57.2 Å². The number of esters is 8. The molecule has 0 aromatic heterocycles. The van der Waals surface area contributed by atoms with Crippen LogP contribution in [0.4, 0.5) is 0 Å². The van der Waals surface area contributed by atoms with Crippen LogP contribution in [0.3, 0.4) is 0 Å². The Bertz CT molecular complexity index is 2070. The number of cyclic esters (lactones) is 2. The monoisotopic (exact) mass is 852 g/mol. The molecule has 1 aliphatic carbocycles. The van der Waals surface area contributed by atoms with E-state index in [1.807, 2.05) is 0 Å². The van der Waals surface area contributed by atoms with E-state index in [0.29, 0.717) is 0 Å². The van der Waals surface area contributed by atoms with Crippen LogP contribution in [0.1, 0.15) is 72.6 Å². The molecule has 0 amide bonds. The first kappa shape index (κ1) is 45.0. The lowest BCUT2D eigenvalue weighted by Crippen LogP contribution is -2.56. The van der Waals surface area contributed by atoms with Gasteiger partial charge in [-0.1, -0.05) is 43.4 Å². The van der Waals surface area contributed by atoms with Crippen LogP contribution in [0.15, 0.2) is 94.9 Å². The van der Waals surface area contributed by atoms with Gasteiger partial charge in [-0.25, -0.2) is 28.8 Å². The number of hydrogen-bond acceptors (Lipinski definition) is 20. The van der Waals surface area contributed by atoms with Crippen LogP contribution in [0, 0.1) is 0 Å². The first-order chi connectivity index (χ1) is 28.8. The summed E-state index contributed by atoms with van der Waals surface area (Å²) in [7, 11) is 0. The summed E-state index contributed by atoms with van der Waals surface area (Å²) in [6, 6.07) is 0. The quantitative estimate of drug-likeness (QED) is 0.0829. The molecule has 2 unspecified atom stereocenters. The second-order valence-corrected chi connectivity index (χ2v) is 14.0. The Morgan fingerprint density at radius 3 is 1.36 bits per heavy atom. The Balaban J connectivity index is 1.11. The summed E-state index contributed by atoms with van der Waals surface area (Å²) in [6.07, 6.45) is 11.2. The first-order valence-corrected chi connectivity index (χ1v) is 18.8. The molecule has 2 saturated heterocycles. The van der Waals surface area contributed by atoms with Crippen LogP contribution < -0.4 is 10.2 Å². The average Bonchev–Trinajstić information content (AvgIpc) is 3.16. The van der Waals surface area contributed by atoms with Gasteiger partial charge in [0.1, 0.15) is 11.1 Å². The van der Waals surface area contributed by atoms with Crippen molar-refractivity contribution in [1.82, 2.24) is 0 Å². The molecule has 2 spiro atoms. The van der Waals surface area contributed by atoms with Crippen molar-refractivity contribution in [3.05, 3.63) is 94.9 Å². The van der Waals surface area contributed by atoms with Crippen LogP contribution >= 0.6 is 0 Å². The van der Waals surface area contributed by atoms with E-state index < -0.39 is 105 Å². The third kappa shape index (κ3) is 10.9. The predicted octanol–water partition coefficient (Wildman–Crippen LogP) is 1.25. The number of allylic oxidation sites excluding steroid dienone is 8. The fourth-order valence-corrected chi connectivity index (χ4v) is 6.22. The first-order valence-electron chi connectivity index (χ1n) is 18.8. The summed E-state index contributed by atoms with van der Waals surface area (Å²) in [5.41, 5.74) is -1.80. The van der Waals surface area contributed by atoms with Crippen LogP contribution in [0.2, 0.25) is 0 Å². The third-order valence-corrected chi connectivity index (χ3v) is 9.51. The number of carbonyl (C=O) groups is 8. The van der Waals surface area contributed by atoms with E-state index in [1.54, 1.807) is 6.92 Å². The summed E-state index contributed by atoms with van der Waals surface area (Å²) in [4.78, 5) is 98.5. The molecule has 5 rings (SSSR count). The van der Waals surface area contributed by atoms with Gasteiger partial charge in [0.2, 0.25) is 0 Å². The Morgan fingerprint density at radius 2 is 0.967 bits per heavy atom. The van der Waals surface area contributed by atoms with Gasteiger partial charge in [0.05, 0.1) is 36.3 Å². The second-order valence-electron chi connectivity index (χ2n) is 14.0. The van der Waals surface area contributed by atoms with Crippen molar-refractivity contribution in [2.75, 3.05) is 13.2 Å². The molecule has 2 atom stereocenters. The zero-order valence-corrected chi connectivity index (χ0v) is 33.3. The summed E-state index contributed by atoms with van der Waals surface area (Å²) >= 11 is 0. The minimum absolute atomic E-state index is 0.0601. The summed E-state index contributed by atoms with van der Waals surface area (Å²) in [5.74, 6) is -15.8. The number of ether oxygens (including phenoxy) is 10. The lowest BCUT2D eigenvalue weighted by atomic mass is 9.87. The minimum Gasteiger partial charge on any atom is -0.574 e. The van der Waals surface area contributed by atoms with Crippen LogP contribution in [0.5, 0.6) is 0 Å². The van der Waals surface area contributed by atoms with E-state index >= 15 is 0 Å². The van der Waals surface area contributed by atoms with Gasteiger partial charge in [0, 0.05) is 52.4 Å². The molecule has 3 fully saturated rings. The van der Waals surface area contributed by atoms with E-state index in [0.717, 1.165) is 24.3 Å². The van der Waals surface area contributed by atoms with Crippen LogP contribution in [-0.2, 0) is 85.7 Å². The maximum Gasteiger partial charge on any atom is 0.348 e. The topological polar surface area (TPSA) is 275 Å². The van der Waals surface area contributed by atoms with Gasteiger partial charge in [-0.2, -0.15) is 0 Å². The molecule has 326 valence electrons. The van der Waals surface area contributed by atoms with E-state index in [-0.39, 0.29) is 58.2 Å². The minimum atomic E-state index is -1.73. The van der Waals surface area contributed by atoms with E-state index in [2.05, 4.69) is 0 Å². The van der Waals surface area contributed by atoms with Gasteiger partial charge in [-0.15, -0.1) is 0 Å². The molecule has 61 heavy (non-hydrogen) atoms. The molecule has 1 saturated carbocycles. The molecule has 20 nitrogen and oxygen atoms in total. The zero-order valence-electron chi connectivity index (χ0n) is 33.3. The molecular formula is C41H40O20-2. The second kappa shape index (κ2) is 18.4. The van der Waals surface area contributed by atoms with Gasteiger partial charge >= 0.3 is 47.8 Å². The van der Waals surface area contributed by atoms with Crippen molar-refractivity contribution in [2.45, 2.75) is 95.8 Å². The normalized spacial score (nSPS) is 28.1. The average molecular weight is 853 g/mol. The molecule has 5 aliphatic rings. The largest absolute Gasteiger partial charge is 0.574 e. The molecule has 4 aliphatic heterocycles. The Labute approximate surface area is 347 Å². The van der Waals surface area contributed by atoms with Crippen molar-refractivity contribution in [2.24, 2.45) is 0 Å². The molecule has 20 heteroatoms. The van der Waals surface area contributed by atoms with Crippen molar-refractivity contribution < 1.29 is 95.9 Å². The van der Waals surface area contributed by atoms with Crippen LogP contribution in [-0.4, -0.2) is 84.1 Å². The highest BCUT2D eigenvalue weighted by Gasteiger charge is 2.56. The lowest BCUT2D eigenvalue weighted by Gasteiger charge is -2.45. The van der Waals surface area contributed by atoms with Crippen molar-refractivity contribution in [3.63, 3.8) is 0 Å². The highest BCUT2D eigenvalue weighted by atomic mass is 16.8. The van der Waals surface area contributed by atoms with Gasteiger partial charge < -0.3 is 57.6 Å². The Kier molecular flexibility index (Phi) is 13.6. The SMILES string of the molecule is CCC1(CCOC(C)=O)OC(=O)C(/C=C/C=C/C=C2C(=O)OC3(CCC4(CC3)OC(=O)C(=C/C=C/C=C/C3=C([O-])OC(C)(CCOC(C)=O)OC3=O)C(=O)O4)OC2=O)=C([O-])O1. The maximum absolute atomic E-state index is 12.9. The smallest absolute Gasteiger partial charge is 0.348 e. The summed E-state index contributed by atoms with van der Waals surface area (Å²) in [6.45, 7) is 5.08. The van der Waals surface area contributed by atoms with Gasteiger partial charge in [0.15, 0.2) is 11.6 Å². The zero-order chi connectivity index (χ0) is 44.6. The van der Waals surface area contributed by atoms with Crippen molar-refractivity contribution in [1.29, 1.82) is 0 Å². The molecule has 0 radical (unpaired) electrons. The molecule has 4 heterocycles. The Hall–Kier alpha value is -7.12. The van der Waals surface area contributed by atoms with E-state index in [9.17, 15) is 48.6 Å². The summed E-state index contributed by atoms with van der Waals surface area (Å²) < 4.78 is 52.6. The van der Waals surface area contributed by atoms with Gasteiger partial charge in [-0.05, 0) is 37.6 Å². The maximum atomic E-state index is 12.9. The molecule has 0 aromatic rings. The molecule has 0 aromatic carbocycles. The highest BCUT2D eigenvalue weighted by molar-refractivity contribution is 6.16. The standard InChI is InChI=1S/C41H42O20/c1-5-39(21-23-53-25(3)43)56-32(46)27(33(47)57-39)13-9-7-11-15-29-36(50)60-41(61-37(29)51)18-16-40(17-19-41)58-34(48)28(35(49)59-40)14-10-6-8-12-26-30(44)54-38(4,55-31(26)45)20-22-52-24(2)42/h6-15,44,46H,5,16-23H2,1-4H3/p-2/b10-6+,11-7+,12-8+,13-9+,28-14?,29-15?. The van der Waals surface area contributed by atoms with E-state index in [4.69, 9.17) is 47.4 Å². The van der Waals surface area contributed by atoms with Crippen LogP contribution in [0.25, 0.3) is 0 Å². The summed E-state index contributed by atoms with van der Waals surface area (Å²) in [5, 5.41) is 25.0.